The molecule has 1 aromatic heterocycles. The summed E-state index contributed by atoms with van der Waals surface area (Å²) >= 11 is 3.37. The Morgan fingerprint density at radius 3 is 2.22 bits per heavy atom. The maximum Gasteiger partial charge on any atom is 0.283 e. The molecule has 0 saturated carbocycles. The highest BCUT2D eigenvalue weighted by Gasteiger charge is 2.18. The van der Waals surface area contributed by atoms with Gasteiger partial charge in [0.15, 0.2) is 5.06 Å². The first kappa shape index (κ1) is 16.1. The molecule has 5 heteroatoms. The van der Waals surface area contributed by atoms with Gasteiger partial charge in [-0.1, -0.05) is 41.7 Å². The first-order valence-corrected chi connectivity index (χ1v) is 8.93. The van der Waals surface area contributed by atoms with Crippen LogP contribution in [0, 0.1) is 17.4 Å². The minimum absolute atomic E-state index is 0.0104. The quantitative estimate of drug-likeness (QED) is 0.591. The largest absolute Gasteiger partial charge is 0.499 e. The van der Waals surface area contributed by atoms with Gasteiger partial charge in [-0.3, -0.25) is 4.79 Å². The number of aromatic nitrogens is 1. The van der Waals surface area contributed by atoms with Gasteiger partial charge in [-0.05, 0) is 65.3 Å². The highest BCUT2D eigenvalue weighted by Crippen LogP contribution is 2.37. The molecule has 0 radical (unpaired) electrons. The average molecular weight is 435 g/mol. The standard InChI is InChI=1S/C18H14INO2S/c1-10-8-13(19)9-11(2)14(10)15-16(21)20-17(23-18(15)22)12-6-4-3-5-7-12/h3-9,22H,1-2H3. The van der Waals surface area contributed by atoms with Crippen LogP contribution in [0.2, 0.25) is 0 Å². The molecule has 0 amide bonds. The van der Waals surface area contributed by atoms with E-state index in [0.29, 0.717) is 10.6 Å². The third-order valence-corrected chi connectivity index (χ3v) is 5.13. The Hall–Kier alpha value is -1.73. The normalized spacial score (nSPS) is 10.7. The van der Waals surface area contributed by atoms with Gasteiger partial charge in [-0.25, -0.2) is 0 Å². The van der Waals surface area contributed by atoms with Crippen LogP contribution in [0.5, 0.6) is 5.06 Å². The van der Waals surface area contributed by atoms with Gasteiger partial charge in [0.2, 0.25) is 0 Å². The molecule has 116 valence electrons. The Morgan fingerprint density at radius 2 is 1.65 bits per heavy atom. The van der Waals surface area contributed by atoms with Crippen molar-refractivity contribution < 1.29 is 5.11 Å². The number of hydrogen-bond acceptors (Lipinski definition) is 4. The maximum atomic E-state index is 12.6. The molecule has 1 heterocycles. The monoisotopic (exact) mass is 435 g/mol. The predicted octanol–water partition coefficient (Wildman–Crippen LogP) is 4.76. The van der Waals surface area contributed by atoms with Gasteiger partial charge in [-0.2, -0.15) is 4.98 Å². The molecule has 3 rings (SSSR count). The van der Waals surface area contributed by atoms with E-state index in [1.165, 1.54) is 0 Å². The molecule has 0 unspecified atom stereocenters. The van der Waals surface area contributed by atoms with Crippen LogP contribution in [0.4, 0.5) is 0 Å². The summed E-state index contributed by atoms with van der Waals surface area (Å²) in [6.45, 7) is 3.89. The van der Waals surface area contributed by atoms with Crippen molar-refractivity contribution in [2.24, 2.45) is 0 Å². The number of rotatable bonds is 2. The highest BCUT2D eigenvalue weighted by molar-refractivity contribution is 14.1. The van der Waals surface area contributed by atoms with Crippen LogP contribution in [-0.4, -0.2) is 10.1 Å². The van der Waals surface area contributed by atoms with Crippen LogP contribution in [0.25, 0.3) is 21.7 Å². The summed E-state index contributed by atoms with van der Waals surface area (Å²) in [5, 5.41) is 11.0. The summed E-state index contributed by atoms with van der Waals surface area (Å²) in [5.41, 5.74) is 3.42. The molecule has 3 nitrogen and oxygen atoms in total. The van der Waals surface area contributed by atoms with Crippen molar-refractivity contribution in [3.63, 3.8) is 0 Å². The van der Waals surface area contributed by atoms with Crippen molar-refractivity contribution in [1.29, 1.82) is 0 Å². The molecule has 0 bridgehead atoms. The van der Waals surface area contributed by atoms with Gasteiger partial charge in [0.25, 0.3) is 5.56 Å². The average Bonchev–Trinajstić information content (AvgIpc) is 2.49. The number of halogens is 1. The van der Waals surface area contributed by atoms with Crippen molar-refractivity contribution in [1.82, 2.24) is 4.98 Å². The summed E-state index contributed by atoms with van der Waals surface area (Å²) in [6, 6.07) is 13.4. The van der Waals surface area contributed by atoms with E-state index in [1.807, 2.05) is 56.3 Å². The molecule has 0 atom stereocenters. The molecule has 0 fully saturated rings. The number of nitrogens with zero attached hydrogens (tertiary/aromatic N) is 1. The lowest BCUT2D eigenvalue weighted by Crippen LogP contribution is -2.10. The van der Waals surface area contributed by atoms with Gasteiger partial charge < -0.3 is 5.11 Å². The number of aromatic hydroxyl groups is 1. The fraction of sp³-hybridized carbons (Fsp3) is 0.111. The van der Waals surface area contributed by atoms with Crippen molar-refractivity contribution >= 4 is 33.9 Å². The first-order valence-electron chi connectivity index (χ1n) is 7.04. The van der Waals surface area contributed by atoms with Crippen LogP contribution in [0.3, 0.4) is 0 Å². The van der Waals surface area contributed by atoms with E-state index in [2.05, 4.69) is 27.6 Å². The van der Waals surface area contributed by atoms with Gasteiger partial charge in [0, 0.05) is 9.13 Å². The molecule has 0 saturated heterocycles. The minimum atomic E-state index is -0.396. The molecular weight excluding hydrogens is 421 g/mol. The molecular formula is C18H14INO2S. The van der Waals surface area contributed by atoms with Crippen LogP contribution < -0.4 is 5.56 Å². The van der Waals surface area contributed by atoms with Crippen molar-refractivity contribution in [2.75, 3.05) is 0 Å². The lowest BCUT2D eigenvalue weighted by molar-refractivity contribution is 0.491. The van der Waals surface area contributed by atoms with Gasteiger partial charge in [0.1, 0.15) is 10.6 Å². The zero-order chi connectivity index (χ0) is 16.6. The second kappa shape index (κ2) is 6.41. The number of hydrogen-bond donors (Lipinski definition) is 1. The minimum Gasteiger partial charge on any atom is -0.499 e. The van der Waals surface area contributed by atoms with E-state index in [4.69, 9.17) is 0 Å². The maximum absolute atomic E-state index is 12.6. The van der Waals surface area contributed by atoms with Crippen molar-refractivity contribution in [2.45, 2.75) is 13.8 Å². The predicted molar refractivity (Wildman–Crippen MR) is 103 cm³/mol. The van der Waals surface area contributed by atoms with Crippen LogP contribution >= 0.6 is 33.9 Å². The van der Waals surface area contributed by atoms with E-state index in [1.54, 1.807) is 0 Å². The third kappa shape index (κ3) is 3.16. The van der Waals surface area contributed by atoms with E-state index in [-0.39, 0.29) is 5.06 Å². The van der Waals surface area contributed by atoms with Crippen molar-refractivity contribution in [3.8, 4) is 26.8 Å². The summed E-state index contributed by atoms with van der Waals surface area (Å²) in [5.74, 6) is 0. The Balaban J connectivity index is 2.22. The number of benzene rings is 2. The molecule has 2 aromatic carbocycles. The van der Waals surface area contributed by atoms with E-state index >= 15 is 0 Å². The zero-order valence-electron chi connectivity index (χ0n) is 12.6. The molecule has 1 N–H and O–H groups in total. The van der Waals surface area contributed by atoms with Gasteiger partial charge >= 0.3 is 0 Å². The fourth-order valence-electron chi connectivity index (χ4n) is 2.63. The topological polar surface area (TPSA) is 50.2 Å². The second-order valence-electron chi connectivity index (χ2n) is 5.28. The lowest BCUT2D eigenvalue weighted by Gasteiger charge is -2.12. The van der Waals surface area contributed by atoms with Crippen LogP contribution in [0.1, 0.15) is 11.1 Å². The molecule has 0 spiro atoms. The van der Waals surface area contributed by atoms with Gasteiger partial charge in [-0.15, -0.1) is 0 Å². The fourth-order valence-corrected chi connectivity index (χ4v) is 4.42. The summed E-state index contributed by atoms with van der Waals surface area (Å²) in [6.07, 6.45) is 0. The zero-order valence-corrected chi connectivity index (χ0v) is 15.6. The van der Waals surface area contributed by atoms with E-state index in [9.17, 15) is 9.90 Å². The van der Waals surface area contributed by atoms with Gasteiger partial charge in [0.05, 0.1) is 0 Å². The van der Waals surface area contributed by atoms with Crippen molar-refractivity contribution in [3.05, 3.63) is 67.5 Å². The summed E-state index contributed by atoms with van der Waals surface area (Å²) in [4.78, 5) is 16.7. The number of aryl methyl sites for hydroxylation is 2. The lowest BCUT2D eigenvalue weighted by atomic mass is 9.98. The summed E-state index contributed by atoms with van der Waals surface area (Å²) in [7, 11) is 0. The van der Waals surface area contributed by atoms with Crippen LogP contribution in [-0.2, 0) is 0 Å². The molecule has 0 aliphatic heterocycles. The molecule has 3 aromatic rings. The SMILES string of the molecule is Cc1cc(I)cc(C)c1-c1c(O)sc(-c2ccccc2)nc1=O. The first-order chi connectivity index (χ1) is 11.0. The summed E-state index contributed by atoms with van der Waals surface area (Å²) < 4.78 is 1.10. The Kier molecular flexibility index (Phi) is 4.50. The smallest absolute Gasteiger partial charge is 0.283 e. The van der Waals surface area contributed by atoms with E-state index in [0.717, 1.165) is 37.2 Å². The Morgan fingerprint density at radius 1 is 1.04 bits per heavy atom. The molecule has 0 aliphatic carbocycles. The Bertz CT molecular complexity index is 912. The Labute approximate surface area is 151 Å². The molecule has 23 heavy (non-hydrogen) atoms. The van der Waals surface area contributed by atoms with Crippen LogP contribution in [0.15, 0.2) is 47.3 Å². The second-order valence-corrected chi connectivity index (χ2v) is 7.51. The highest BCUT2D eigenvalue weighted by atomic mass is 127. The molecule has 0 aliphatic rings. The van der Waals surface area contributed by atoms with E-state index < -0.39 is 5.56 Å². The third-order valence-electron chi connectivity index (χ3n) is 3.59.